The topological polar surface area (TPSA) is 58.6 Å². The molecule has 1 aromatic carbocycles. The van der Waals surface area contributed by atoms with E-state index in [1.807, 2.05) is 6.92 Å². The van der Waals surface area contributed by atoms with E-state index in [0.717, 1.165) is 0 Å². The van der Waals surface area contributed by atoms with Gasteiger partial charge in [0.2, 0.25) is 10.0 Å². The molecule has 1 aliphatic heterocycles. The smallest absolute Gasteiger partial charge is 0.243 e. The fourth-order valence-corrected chi connectivity index (χ4v) is 4.23. The summed E-state index contributed by atoms with van der Waals surface area (Å²) in [5.74, 6) is -0.578. The first-order valence-electron chi connectivity index (χ1n) is 6.45. The number of hydrogen-bond acceptors (Lipinski definition) is 4. The van der Waals surface area contributed by atoms with Gasteiger partial charge >= 0.3 is 0 Å². The summed E-state index contributed by atoms with van der Waals surface area (Å²) in [6, 6.07) is 2.60. The van der Waals surface area contributed by atoms with Gasteiger partial charge < -0.3 is 10.1 Å². The number of sulfonamides is 1. The molecule has 0 amide bonds. The van der Waals surface area contributed by atoms with Gasteiger partial charge in [-0.2, -0.15) is 4.31 Å². The molecular formula is C13H20ClFN2O3S. The maximum Gasteiger partial charge on any atom is 0.243 e. The van der Waals surface area contributed by atoms with E-state index in [9.17, 15) is 12.8 Å². The van der Waals surface area contributed by atoms with E-state index < -0.39 is 15.8 Å². The zero-order chi connectivity index (χ0) is 14.9. The second-order valence-corrected chi connectivity index (χ2v) is 6.73. The fourth-order valence-electron chi connectivity index (χ4n) is 2.39. The molecule has 21 heavy (non-hydrogen) atoms. The third-order valence-corrected chi connectivity index (χ3v) is 5.71. The van der Waals surface area contributed by atoms with Gasteiger partial charge in [-0.3, -0.25) is 0 Å². The Morgan fingerprint density at radius 3 is 2.67 bits per heavy atom. The fraction of sp³-hybridized carbons (Fsp3) is 0.538. The first-order chi connectivity index (χ1) is 9.39. The van der Waals surface area contributed by atoms with Crippen LogP contribution in [-0.4, -0.2) is 45.5 Å². The predicted octanol–water partition coefficient (Wildman–Crippen LogP) is 1.55. The summed E-state index contributed by atoms with van der Waals surface area (Å²) < 4.78 is 45.6. The van der Waals surface area contributed by atoms with Crippen molar-refractivity contribution in [3.63, 3.8) is 0 Å². The minimum absolute atomic E-state index is 0. The Hall–Kier alpha value is -0.890. The van der Waals surface area contributed by atoms with Crippen molar-refractivity contribution in [2.75, 3.05) is 26.7 Å². The Kier molecular flexibility index (Phi) is 5.98. The van der Waals surface area contributed by atoms with Crippen molar-refractivity contribution in [3.8, 4) is 5.75 Å². The van der Waals surface area contributed by atoms with E-state index in [1.54, 1.807) is 0 Å². The van der Waals surface area contributed by atoms with Gasteiger partial charge in [0.25, 0.3) is 0 Å². The Bertz CT molecular complexity index is 610. The van der Waals surface area contributed by atoms with Crippen molar-refractivity contribution in [1.82, 2.24) is 9.62 Å². The van der Waals surface area contributed by atoms with E-state index in [1.165, 1.54) is 30.5 Å². The minimum atomic E-state index is -3.69. The van der Waals surface area contributed by atoms with Crippen molar-refractivity contribution in [1.29, 1.82) is 0 Å². The van der Waals surface area contributed by atoms with Gasteiger partial charge in [-0.05, 0) is 26.0 Å². The molecular weight excluding hydrogens is 319 g/mol. The first kappa shape index (κ1) is 18.2. The van der Waals surface area contributed by atoms with Crippen molar-refractivity contribution >= 4 is 22.4 Å². The number of halogens is 2. The molecule has 1 fully saturated rings. The van der Waals surface area contributed by atoms with Crippen LogP contribution in [0.4, 0.5) is 4.39 Å². The number of nitrogens with zero attached hydrogens (tertiary/aromatic N) is 1. The number of rotatable bonds is 3. The summed E-state index contributed by atoms with van der Waals surface area (Å²) >= 11 is 0. The highest BCUT2D eigenvalue weighted by Gasteiger charge is 2.33. The molecule has 120 valence electrons. The van der Waals surface area contributed by atoms with E-state index in [2.05, 4.69) is 5.32 Å². The Labute approximate surface area is 130 Å². The number of hydrogen-bond donors (Lipinski definition) is 1. The SMILES string of the molecule is COc1ccc(S(=O)(=O)N2CCNCC2C)c(C)c1F.Cl. The molecule has 1 atom stereocenters. The molecule has 8 heteroatoms. The second kappa shape index (κ2) is 6.91. The van der Waals surface area contributed by atoms with Gasteiger partial charge in [0.15, 0.2) is 11.6 Å². The quantitative estimate of drug-likeness (QED) is 0.908. The number of ether oxygens (including phenoxy) is 1. The van der Waals surface area contributed by atoms with Crippen molar-refractivity contribution in [2.45, 2.75) is 24.8 Å². The molecule has 5 nitrogen and oxygen atoms in total. The molecule has 0 aromatic heterocycles. The summed E-state index contributed by atoms with van der Waals surface area (Å²) in [5, 5.41) is 3.13. The molecule has 0 aliphatic carbocycles. The molecule has 1 heterocycles. The normalized spacial score (nSPS) is 19.9. The lowest BCUT2D eigenvalue weighted by atomic mass is 10.2. The average molecular weight is 339 g/mol. The van der Waals surface area contributed by atoms with E-state index in [0.29, 0.717) is 19.6 Å². The van der Waals surface area contributed by atoms with Crippen LogP contribution < -0.4 is 10.1 Å². The van der Waals surface area contributed by atoms with Crippen LogP contribution in [0.3, 0.4) is 0 Å². The van der Waals surface area contributed by atoms with Gasteiger partial charge in [0.1, 0.15) is 0 Å². The summed E-state index contributed by atoms with van der Waals surface area (Å²) in [7, 11) is -2.34. The van der Waals surface area contributed by atoms with E-state index in [4.69, 9.17) is 4.74 Å². The van der Waals surface area contributed by atoms with E-state index in [-0.39, 0.29) is 34.7 Å². The maximum absolute atomic E-state index is 14.0. The van der Waals surface area contributed by atoms with Crippen molar-refractivity contribution in [2.24, 2.45) is 0 Å². The number of methoxy groups -OCH3 is 1. The highest BCUT2D eigenvalue weighted by atomic mass is 35.5. The largest absolute Gasteiger partial charge is 0.494 e. The van der Waals surface area contributed by atoms with Gasteiger partial charge in [-0.15, -0.1) is 12.4 Å². The van der Waals surface area contributed by atoms with Crippen LogP contribution in [0.1, 0.15) is 12.5 Å². The lowest BCUT2D eigenvalue weighted by Crippen LogP contribution is -2.52. The molecule has 1 aliphatic rings. The van der Waals surface area contributed by atoms with Gasteiger partial charge in [0.05, 0.1) is 12.0 Å². The Balaban J connectivity index is 0.00000220. The zero-order valence-corrected chi connectivity index (χ0v) is 13.9. The maximum atomic E-state index is 14.0. The molecule has 1 N–H and O–H groups in total. The number of nitrogens with one attached hydrogen (secondary N) is 1. The molecule has 1 aromatic rings. The molecule has 2 rings (SSSR count). The Morgan fingerprint density at radius 2 is 2.10 bits per heavy atom. The molecule has 0 bridgehead atoms. The third kappa shape index (κ3) is 3.31. The number of piperazine rings is 1. The van der Waals surface area contributed by atoms with Crippen LogP contribution in [-0.2, 0) is 10.0 Å². The minimum Gasteiger partial charge on any atom is -0.494 e. The van der Waals surface area contributed by atoms with Crippen LogP contribution in [0, 0.1) is 12.7 Å². The van der Waals surface area contributed by atoms with Crippen molar-refractivity contribution in [3.05, 3.63) is 23.5 Å². The van der Waals surface area contributed by atoms with Crippen LogP contribution in [0.2, 0.25) is 0 Å². The highest BCUT2D eigenvalue weighted by Crippen LogP contribution is 2.29. The number of benzene rings is 1. The molecule has 1 unspecified atom stereocenters. The second-order valence-electron chi connectivity index (χ2n) is 4.87. The van der Waals surface area contributed by atoms with Crippen LogP contribution in [0.25, 0.3) is 0 Å². The monoisotopic (exact) mass is 338 g/mol. The molecule has 0 saturated carbocycles. The summed E-state index contributed by atoms with van der Waals surface area (Å²) in [6.07, 6.45) is 0. The highest BCUT2D eigenvalue weighted by molar-refractivity contribution is 7.89. The van der Waals surface area contributed by atoms with Crippen LogP contribution in [0.5, 0.6) is 5.75 Å². The van der Waals surface area contributed by atoms with Crippen LogP contribution in [0.15, 0.2) is 17.0 Å². The lowest BCUT2D eigenvalue weighted by Gasteiger charge is -2.33. The lowest BCUT2D eigenvalue weighted by molar-refractivity contribution is 0.283. The molecule has 0 spiro atoms. The molecule has 1 saturated heterocycles. The summed E-state index contributed by atoms with van der Waals surface area (Å²) in [4.78, 5) is 0.00421. The first-order valence-corrected chi connectivity index (χ1v) is 7.89. The average Bonchev–Trinajstić information content (AvgIpc) is 2.41. The standard InChI is InChI=1S/C13H19FN2O3S.ClH/c1-9-8-15-6-7-16(9)20(17,18)12-5-4-11(19-3)13(14)10(12)2;/h4-5,9,15H,6-8H2,1-3H3;1H. The summed E-state index contributed by atoms with van der Waals surface area (Å²) in [6.45, 7) is 4.87. The van der Waals surface area contributed by atoms with Crippen molar-refractivity contribution < 1.29 is 17.5 Å². The predicted molar refractivity (Wildman–Crippen MR) is 81.2 cm³/mol. The van der Waals surface area contributed by atoms with E-state index >= 15 is 0 Å². The van der Waals surface area contributed by atoms with Gasteiger partial charge in [0, 0.05) is 31.2 Å². The van der Waals surface area contributed by atoms with Gasteiger partial charge in [-0.25, -0.2) is 12.8 Å². The molecule has 0 radical (unpaired) electrons. The van der Waals surface area contributed by atoms with Gasteiger partial charge in [-0.1, -0.05) is 0 Å². The summed E-state index contributed by atoms with van der Waals surface area (Å²) in [5.41, 5.74) is 0.0927. The third-order valence-electron chi connectivity index (χ3n) is 3.55. The van der Waals surface area contributed by atoms with Crippen LogP contribution >= 0.6 is 12.4 Å². The Morgan fingerprint density at radius 1 is 1.43 bits per heavy atom. The zero-order valence-electron chi connectivity index (χ0n) is 12.2.